The summed E-state index contributed by atoms with van der Waals surface area (Å²) in [5.41, 5.74) is 1.47. The van der Waals surface area contributed by atoms with Crippen LogP contribution in [0.3, 0.4) is 0 Å². The number of alkyl halides is 1. The van der Waals surface area contributed by atoms with Gasteiger partial charge < -0.3 is 0 Å². The fourth-order valence-electron chi connectivity index (χ4n) is 2.89. The van der Waals surface area contributed by atoms with E-state index in [9.17, 15) is 0 Å². The molecule has 2 aromatic rings. The van der Waals surface area contributed by atoms with E-state index >= 15 is 0 Å². The van der Waals surface area contributed by atoms with Crippen LogP contribution in [-0.2, 0) is 0 Å². The number of hydrogen-bond acceptors (Lipinski definition) is 0. The lowest BCUT2D eigenvalue weighted by molar-refractivity contribution is 0.450. The first kappa shape index (κ1) is 11.1. The number of benzene rings is 2. The Morgan fingerprint density at radius 3 is 2.59 bits per heavy atom. The van der Waals surface area contributed by atoms with E-state index < -0.39 is 0 Å². The Balaban J connectivity index is 1.94. The number of fused-ring (bicyclic) bond motifs is 1. The summed E-state index contributed by atoms with van der Waals surface area (Å²) in [5, 5.41) is 3.05. The SMILES string of the molecule is ClC1CCCC(c2ccc3ccccc3c2)C1. The normalized spacial score (nSPS) is 25.0. The van der Waals surface area contributed by atoms with Crippen LogP contribution in [-0.4, -0.2) is 5.38 Å². The quantitative estimate of drug-likeness (QED) is 0.612. The monoisotopic (exact) mass is 244 g/mol. The second-order valence-corrected chi connectivity index (χ2v) is 5.68. The average molecular weight is 245 g/mol. The summed E-state index contributed by atoms with van der Waals surface area (Å²) in [6, 6.07) is 15.4. The topological polar surface area (TPSA) is 0 Å². The molecule has 0 amide bonds. The van der Waals surface area contributed by atoms with Gasteiger partial charge in [-0.3, -0.25) is 0 Å². The van der Waals surface area contributed by atoms with E-state index in [1.807, 2.05) is 0 Å². The van der Waals surface area contributed by atoms with Crippen LogP contribution in [0, 0.1) is 0 Å². The lowest BCUT2D eigenvalue weighted by Gasteiger charge is -2.26. The van der Waals surface area contributed by atoms with Gasteiger partial charge in [0.2, 0.25) is 0 Å². The molecule has 0 radical (unpaired) electrons. The van der Waals surface area contributed by atoms with Crippen molar-refractivity contribution >= 4 is 22.4 Å². The summed E-state index contributed by atoms with van der Waals surface area (Å²) in [6.45, 7) is 0. The van der Waals surface area contributed by atoms with E-state index in [2.05, 4.69) is 42.5 Å². The molecule has 1 fully saturated rings. The Morgan fingerprint density at radius 2 is 1.76 bits per heavy atom. The van der Waals surface area contributed by atoms with E-state index in [0.29, 0.717) is 11.3 Å². The van der Waals surface area contributed by atoms with Crippen LogP contribution in [0.4, 0.5) is 0 Å². The fourth-order valence-corrected chi connectivity index (χ4v) is 3.26. The minimum absolute atomic E-state index is 0.375. The molecule has 0 nitrogen and oxygen atoms in total. The van der Waals surface area contributed by atoms with E-state index in [-0.39, 0.29) is 0 Å². The van der Waals surface area contributed by atoms with Crippen LogP contribution >= 0.6 is 11.6 Å². The van der Waals surface area contributed by atoms with Crippen LogP contribution in [0.5, 0.6) is 0 Å². The van der Waals surface area contributed by atoms with Crippen LogP contribution in [0.15, 0.2) is 42.5 Å². The lowest BCUT2D eigenvalue weighted by atomic mass is 9.83. The fraction of sp³-hybridized carbons (Fsp3) is 0.375. The third-order valence-electron chi connectivity index (χ3n) is 3.86. The molecule has 2 aromatic carbocycles. The average Bonchev–Trinajstić information content (AvgIpc) is 2.38. The van der Waals surface area contributed by atoms with Crippen LogP contribution in [0.1, 0.15) is 37.2 Å². The summed E-state index contributed by atoms with van der Waals surface area (Å²) in [7, 11) is 0. The van der Waals surface area contributed by atoms with Crippen molar-refractivity contribution in [3.8, 4) is 0 Å². The third kappa shape index (κ3) is 2.32. The van der Waals surface area contributed by atoms with Gasteiger partial charge in [-0.25, -0.2) is 0 Å². The van der Waals surface area contributed by atoms with E-state index in [4.69, 9.17) is 11.6 Å². The molecular formula is C16H17Cl. The Kier molecular flexibility index (Phi) is 3.07. The first-order valence-corrected chi connectivity index (χ1v) is 6.89. The first-order chi connectivity index (χ1) is 8.33. The minimum Gasteiger partial charge on any atom is -0.123 e. The molecule has 0 spiro atoms. The maximum atomic E-state index is 6.28. The number of hydrogen-bond donors (Lipinski definition) is 0. The molecule has 0 N–H and O–H groups in total. The van der Waals surface area contributed by atoms with Crippen molar-refractivity contribution in [1.82, 2.24) is 0 Å². The highest BCUT2D eigenvalue weighted by atomic mass is 35.5. The van der Waals surface area contributed by atoms with Gasteiger partial charge in [0.15, 0.2) is 0 Å². The van der Waals surface area contributed by atoms with Crippen molar-refractivity contribution in [2.45, 2.75) is 37.0 Å². The van der Waals surface area contributed by atoms with Gasteiger partial charge in [0.25, 0.3) is 0 Å². The lowest BCUT2D eigenvalue weighted by Crippen LogP contribution is -2.13. The molecule has 0 aliphatic heterocycles. The molecule has 88 valence electrons. The molecule has 1 saturated carbocycles. The van der Waals surface area contributed by atoms with E-state index in [0.717, 1.165) is 6.42 Å². The van der Waals surface area contributed by atoms with Gasteiger partial charge in [0.05, 0.1) is 0 Å². The molecule has 3 rings (SSSR count). The summed E-state index contributed by atoms with van der Waals surface area (Å²) in [4.78, 5) is 0. The largest absolute Gasteiger partial charge is 0.123 e. The van der Waals surface area contributed by atoms with Crippen molar-refractivity contribution in [3.63, 3.8) is 0 Å². The second-order valence-electron chi connectivity index (χ2n) is 5.07. The van der Waals surface area contributed by atoms with Crippen molar-refractivity contribution < 1.29 is 0 Å². The molecule has 0 saturated heterocycles. The Bertz CT molecular complexity index is 518. The zero-order valence-corrected chi connectivity index (χ0v) is 10.7. The summed E-state index contributed by atoms with van der Waals surface area (Å²) in [5.74, 6) is 0.663. The first-order valence-electron chi connectivity index (χ1n) is 6.46. The molecule has 0 aromatic heterocycles. The van der Waals surface area contributed by atoms with Crippen LogP contribution in [0.25, 0.3) is 10.8 Å². The standard InChI is InChI=1S/C16H17Cl/c17-16-7-3-6-14(11-16)15-9-8-12-4-1-2-5-13(12)10-15/h1-2,4-5,8-10,14,16H,3,6-7,11H2. The maximum absolute atomic E-state index is 6.28. The second kappa shape index (κ2) is 4.70. The molecule has 1 aliphatic rings. The van der Waals surface area contributed by atoms with Crippen molar-refractivity contribution in [3.05, 3.63) is 48.0 Å². The highest BCUT2D eigenvalue weighted by Crippen LogP contribution is 2.36. The summed E-state index contributed by atoms with van der Waals surface area (Å²) < 4.78 is 0. The van der Waals surface area contributed by atoms with E-state index in [1.165, 1.54) is 35.6 Å². The molecule has 2 unspecified atom stereocenters. The molecular weight excluding hydrogens is 228 g/mol. The third-order valence-corrected chi connectivity index (χ3v) is 4.25. The Labute approximate surface area is 108 Å². The Hall–Kier alpha value is -1.01. The summed E-state index contributed by atoms with van der Waals surface area (Å²) in [6.07, 6.45) is 4.89. The molecule has 2 atom stereocenters. The minimum atomic E-state index is 0.375. The Morgan fingerprint density at radius 1 is 0.941 bits per heavy atom. The van der Waals surface area contributed by atoms with Gasteiger partial charge in [-0.05, 0) is 41.5 Å². The van der Waals surface area contributed by atoms with Gasteiger partial charge in [-0.15, -0.1) is 11.6 Å². The maximum Gasteiger partial charge on any atom is 0.0341 e. The molecule has 1 aliphatic carbocycles. The highest BCUT2D eigenvalue weighted by Gasteiger charge is 2.21. The zero-order chi connectivity index (χ0) is 11.7. The molecule has 0 bridgehead atoms. The van der Waals surface area contributed by atoms with Gasteiger partial charge >= 0.3 is 0 Å². The molecule has 0 heterocycles. The van der Waals surface area contributed by atoms with Crippen molar-refractivity contribution in [1.29, 1.82) is 0 Å². The molecule has 1 heteroatoms. The van der Waals surface area contributed by atoms with E-state index in [1.54, 1.807) is 0 Å². The van der Waals surface area contributed by atoms with Crippen LogP contribution in [0.2, 0.25) is 0 Å². The van der Waals surface area contributed by atoms with Crippen molar-refractivity contribution in [2.24, 2.45) is 0 Å². The number of halogens is 1. The molecule has 17 heavy (non-hydrogen) atoms. The predicted octanol–water partition coefficient (Wildman–Crippen LogP) is 5.10. The zero-order valence-electron chi connectivity index (χ0n) is 9.90. The smallest absolute Gasteiger partial charge is 0.0341 e. The highest BCUT2D eigenvalue weighted by molar-refractivity contribution is 6.20. The van der Waals surface area contributed by atoms with Gasteiger partial charge in [-0.2, -0.15) is 0 Å². The van der Waals surface area contributed by atoms with Crippen LogP contribution < -0.4 is 0 Å². The van der Waals surface area contributed by atoms with Crippen molar-refractivity contribution in [2.75, 3.05) is 0 Å². The predicted molar refractivity (Wildman–Crippen MR) is 74.8 cm³/mol. The number of rotatable bonds is 1. The van der Waals surface area contributed by atoms with Gasteiger partial charge in [0.1, 0.15) is 0 Å². The van der Waals surface area contributed by atoms with Gasteiger partial charge in [-0.1, -0.05) is 48.9 Å². The summed E-state index contributed by atoms with van der Waals surface area (Å²) >= 11 is 6.28. The van der Waals surface area contributed by atoms with Gasteiger partial charge in [0, 0.05) is 5.38 Å².